The lowest BCUT2D eigenvalue weighted by atomic mass is 10.4. The molecular weight excluding hydrogens is 238 g/mol. The Balaban J connectivity index is 0.00000196. The van der Waals surface area contributed by atoms with Gasteiger partial charge in [0.2, 0.25) is 0 Å². The highest BCUT2D eigenvalue weighted by molar-refractivity contribution is 7.99. The molecule has 0 spiro atoms. The van der Waals surface area contributed by atoms with E-state index in [0.29, 0.717) is 5.75 Å². The molecule has 0 fully saturated rings. The maximum absolute atomic E-state index is 11.0. The van der Waals surface area contributed by atoms with Crippen LogP contribution in [0.2, 0.25) is 0 Å². The van der Waals surface area contributed by atoms with Crippen LogP contribution in [-0.4, -0.2) is 34.4 Å². The van der Waals surface area contributed by atoms with E-state index in [2.05, 4.69) is 9.72 Å². The van der Waals surface area contributed by atoms with Gasteiger partial charge in [-0.3, -0.25) is 4.79 Å². The van der Waals surface area contributed by atoms with Crippen molar-refractivity contribution in [1.29, 1.82) is 0 Å². The zero-order chi connectivity index (χ0) is 10.6. The molecule has 1 aromatic heterocycles. The van der Waals surface area contributed by atoms with E-state index in [9.17, 15) is 4.79 Å². The minimum absolute atomic E-state index is 0. The second-order valence-corrected chi connectivity index (χ2v) is 3.75. The number of carbonyl (C=O) groups excluding carboxylic acids is 1. The van der Waals surface area contributed by atoms with E-state index in [1.165, 1.54) is 18.9 Å². The normalized spacial score (nSPS) is 11.7. The van der Waals surface area contributed by atoms with Gasteiger partial charge in [-0.25, -0.2) is 4.98 Å². The summed E-state index contributed by atoms with van der Waals surface area (Å²) < 4.78 is 6.38. The summed E-state index contributed by atoms with van der Waals surface area (Å²) >= 11 is 1.43. The van der Waals surface area contributed by atoms with E-state index in [-0.39, 0.29) is 12.4 Å². The Hall–Kier alpha value is -0.720. The van der Waals surface area contributed by atoms with Crippen LogP contribution in [0.5, 0.6) is 0 Å². The van der Waals surface area contributed by atoms with E-state index in [1.54, 1.807) is 6.20 Å². The summed E-state index contributed by atoms with van der Waals surface area (Å²) in [5.41, 5.74) is 5.56. The number of aryl methyl sites for hydroxylation is 1. The van der Waals surface area contributed by atoms with Crippen LogP contribution in [0.25, 0.3) is 0 Å². The molecule has 0 aliphatic heterocycles. The fraction of sp³-hybridized carbons (Fsp3) is 0.500. The van der Waals surface area contributed by atoms with E-state index in [1.807, 2.05) is 17.8 Å². The largest absolute Gasteiger partial charge is 0.468 e. The first-order chi connectivity index (χ1) is 6.65. The number of rotatable bonds is 4. The van der Waals surface area contributed by atoms with Crippen molar-refractivity contribution in [3.63, 3.8) is 0 Å². The molecule has 0 aromatic carbocycles. The van der Waals surface area contributed by atoms with Crippen molar-refractivity contribution in [1.82, 2.24) is 9.55 Å². The number of nitrogens with two attached hydrogens (primary N) is 1. The lowest BCUT2D eigenvalue weighted by Gasteiger charge is -2.07. The summed E-state index contributed by atoms with van der Waals surface area (Å²) in [6, 6.07) is -0.596. The standard InChI is InChI=1S/C8H13N3O2S.ClH/c1-11-4-3-10-8(11)14-5-6(9)7(12)13-2;/h3-4,6H,5,9H2,1-2H3;1H. The van der Waals surface area contributed by atoms with E-state index in [0.717, 1.165) is 5.16 Å². The quantitative estimate of drug-likeness (QED) is 0.621. The summed E-state index contributed by atoms with van der Waals surface area (Å²) in [5, 5.41) is 0.837. The predicted molar refractivity (Wildman–Crippen MR) is 61.2 cm³/mol. The van der Waals surface area contributed by atoms with Gasteiger partial charge in [0.1, 0.15) is 6.04 Å². The molecule has 0 aliphatic rings. The number of carbonyl (C=O) groups is 1. The monoisotopic (exact) mass is 251 g/mol. The molecule has 0 radical (unpaired) electrons. The van der Waals surface area contributed by atoms with Gasteiger partial charge in [-0.2, -0.15) is 0 Å². The Labute approximate surface area is 98.8 Å². The second kappa shape index (κ2) is 6.71. The molecule has 0 bridgehead atoms. The number of thioether (sulfide) groups is 1. The summed E-state index contributed by atoms with van der Waals surface area (Å²) in [6.45, 7) is 0. The molecule has 0 aliphatic carbocycles. The van der Waals surface area contributed by atoms with Crippen LogP contribution in [-0.2, 0) is 16.6 Å². The molecule has 7 heteroatoms. The van der Waals surface area contributed by atoms with Gasteiger partial charge in [0.15, 0.2) is 5.16 Å². The topological polar surface area (TPSA) is 70.1 Å². The Morgan fingerprint density at radius 2 is 2.47 bits per heavy atom. The number of nitrogens with zero attached hydrogens (tertiary/aromatic N) is 2. The predicted octanol–water partition coefficient (Wildman–Crippen LogP) is 0.434. The molecule has 0 saturated carbocycles. The average molecular weight is 252 g/mol. The number of halogens is 1. The Bertz CT molecular complexity index is 319. The SMILES string of the molecule is COC(=O)C(N)CSc1nccn1C.Cl. The molecule has 1 heterocycles. The first-order valence-corrected chi connectivity index (χ1v) is 5.07. The Kier molecular flexibility index (Phi) is 6.38. The van der Waals surface area contributed by atoms with E-state index >= 15 is 0 Å². The lowest BCUT2D eigenvalue weighted by Crippen LogP contribution is -2.33. The molecule has 1 rings (SSSR count). The highest BCUT2D eigenvalue weighted by atomic mass is 35.5. The number of esters is 1. The van der Waals surface area contributed by atoms with Crippen LogP contribution < -0.4 is 5.73 Å². The van der Waals surface area contributed by atoms with E-state index < -0.39 is 12.0 Å². The fourth-order valence-corrected chi connectivity index (χ4v) is 1.74. The molecule has 1 unspecified atom stereocenters. The van der Waals surface area contributed by atoms with Gasteiger partial charge in [-0.05, 0) is 0 Å². The van der Waals surface area contributed by atoms with Crippen LogP contribution in [0, 0.1) is 0 Å². The van der Waals surface area contributed by atoms with Crippen LogP contribution in [0.1, 0.15) is 0 Å². The van der Waals surface area contributed by atoms with Crippen molar-refractivity contribution in [2.24, 2.45) is 12.8 Å². The molecule has 86 valence electrons. The maximum Gasteiger partial charge on any atom is 0.323 e. The van der Waals surface area contributed by atoms with Gasteiger partial charge in [-0.1, -0.05) is 11.8 Å². The minimum atomic E-state index is -0.596. The third-order valence-corrected chi connectivity index (χ3v) is 2.85. The smallest absolute Gasteiger partial charge is 0.323 e. The molecule has 1 atom stereocenters. The molecule has 0 saturated heterocycles. The van der Waals surface area contributed by atoms with Crippen molar-refractivity contribution >= 4 is 30.1 Å². The number of hydrogen-bond acceptors (Lipinski definition) is 5. The third kappa shape index (κ3) is 4.11. The van der Waals surface area contributed by atoms with Crippen molar-refractivity contribution in [2.75, 3.05) is 12.9 Å². The Morgan fingerprint density at radius 1 is 1.80 bits per heavy atom. The van der Waals surface area contributed by atoms with Gasteiger partial charge in [0.05, 0.1) is 7.11 Å². The molecule has 5 nitrogen and oxygen atoms in total. The van der Waals surface area contributed by atoms with Crippen LogP contribution in [0.3, 0.4) is 0 Å². The zero-order valence-electron chi connectivity index (χ0n) is 8.54. The van der Waals surface area contributed by atoms with Crippen molar-refractivity contribution in [3.8, 4) is 0 Å². The number of ether oxygens (including phenoxy) is 1. The highest BCUT2D eigenvalue weighted by Crippen LogP contribution is 2.14. The number of aromatic nitrogens is 2. The van der Waals surface area contributed by atoms with Crippen LogP contribution in [0.15, 0.2) is 17.6 Å². The third-order valence-electron chi connectivity index (χ3n) is 1.67. The molecule has 2 N–H and O–H groups in total. The van der Waals surface area contributed by atoms with Crippen LogP contribution >= 0.6 is 24.2 Å². The molecular formula is C8H14ClN3O2S. The molecule has 15 heavy (non-hydrogen) atoms. The van der Waals surface area contributed by atoms with Crippen molar-refractivity contribution in [2.45, 2.75) is 11.2 Å². The van der Waals surface area contributed by atoms with Gasteiger partial charge in [0.25, 0.3) is 0 Å². The maximum atomic E-state index is 11.0. The lowest BCUT2D eigenvalue weighted by molar-refractivity contribution is -0.141. The summed E-state index contributed by atoms with van der Waals surface area (Å²) in [6.07, 6.45) is 3.54. The fourth-order valence-electron chi connectivity index (χ4n) is 0.875. The summed E-state index contributed by atoms with van der Waals surface area (Å²) in [5.74, 6) is 0.0732. The van der Waals surface area contributed by atoms with Gasteiger partial charge >= 0.3 is 5.97 Å². The van der Waals surface area contributed by atoms with Gasteiger partial charge < -0.3 is 15.0 Å². The summed E-state index contributed by atoms with van der Waals surface area (Å²) in [4.78, 5) is 15.1. The van der Waals surface area contributed by atoms with Crippen molar-refractivity contribution in [3.05, 3.63) is 12.4 Å². The summed E-state index contributed by atoms with van der Waals surface area (Å²) in [7, 11) is 3.21. The average Bonchev–Trinajstić information content (AvgIpc) is 2.59. The van der Waals surface area contributed by atoms with Crippen molar-refractivity contribution < 1.29 is 9.53 Å². The van der Waals surface area contributed by atoms with Crippen LogP contribution in [0.4, 0.5) is 0 Å². The first kappa shape index (κ1) is 14.3. The number of methoxy groups -OCH3 is 1. The zero-order valence-corrected chi connectivity index (χ0v) is 10.2. The minimum Gasteiger partial charge on any atom is -0.468 e. The van der Waals surface area contributed by atoms with E-state index in [4.69, 9.17) is 5.73 Å². The van der Waals surface area contributed by atoms with Gasteiger partial charge in [-0.15, -0.1) is 12.4 Å². The first-order valence-electron chi connectivity index (χ1n) is 4.08. The Morgan fingerprint density at radius 3 is 2.93 bits per heavy atom. The second-order valence-electron chi connectivity index (χ2n) is 2.76. The molecule has 1 aromatic rings. The molecule has 0 amide bonds. The van der Waals surface area contributed by atoms with Gasteiger partial charge in [0, 0.05) is 25.2 Å². The number of imidazole rings is 1. The highest BCUT2D eigenvalue weighted by Gasteiger charge is 2.14. The number of hydrogen-bond donors (Lipinski definition) is 1.